The van der Waals surface area contributed by atoms with Crippen LogP contribution in [-0.2, 0) is 12.1 Å². The van der Waals surface area contributed by atoms with Crippen LogP contribution in [0.3, 0.4) is 0 Å². The molecular weight excluding hydrogens is 583 g/mol. The van der Waals surface area contributed by atoms with Crippen molar-refractivity contribution in [3.63, 3.8) is 0 Å². The van der Waals surface area contributed by atoms with Crippen LogP contribution in [0.15, 0.2) is 60.7 Å². The van der Waals surface area contributed by atoms with Crippen molar-refractivity contribution in [3.8, 4) is 28.4 Å². The molecule has 1 N–H and O–H groups in total. The van der Waals surface area contributed by atoms with Gasteiger partial charge < -0.3 is 24.4 Å². The molecule has 44 heavy (non-hydrogen) atoms. The largest absolute Gasteiger partial charge is 0.493 e. The Morgan fingerprint density at radius 2 is 1.52 bits per heavy atom. The van der Waals surface area contributed by atoms with E-state index in [0.717, 1.165) is 31.5 Å². The molecule has 3 aromatic rings. The molecule has 238 valence electrons. The number of rotatable bonds is 12. The monoisotopic (exact) mass is 620 g/mol. The lowest BCUT2D eigenvalue weighted by Gasteiger charge is -2.33. The SMILES string of the molecule is COc1cc(C(=O)NC2CCCN(CCCCC(F)(F)c3cc(-c4ccccc4)cc(C(F)(F)F)c3)C2)cc(OC)c1OC. The Labute approximate surface area is 254 Å². The predicted molar refractivity (Wildman–Crippen MR) is 158 cm³/mol. The summed E-state index contributed by atoms with van der Waals surface area (Å²) in [6.45, 7) is 1.85. The first-order valence-electron chi connectivity index (χ1n) is 14.4. The number of amides is 1. The minimum absolute atomic E-state index is 0.100. The van der Waals surface area contributed by atoms with E-state index in [4.69, 9.17) is 14.2 Å². The fraction of sp³-hybridized carbons (Fsp3) is 0.424. The third kappa shape index (κ3) is 8.19. The van der Waals surface area contributed by atoms with Gasteiger partial charge in [0.2, 0.25) is 5.75 Å². The van der Waals surface area contributed by atoms with Gasteiger partial charge in [0.15, 0.2) is 11.5 Å². The Morgan fingerprint density at radius 1 is 0.864 bits per heavy atom. The van der Waals surface area contributed by atoms with Gasteiger partial charge in [0.1, 0.15) is 0 Å². The number of likely N-dealkylation sites (tertiary alicyclic amines) is 1. The van der Waals surface area contributed by atoms with Gasteiger partial charge in [-0.1, -0.05) is 30.3 Å². The number of nitrogens with one attached hydrogen (secondary N) is 1. The van der Waals surface area contributed by atoms with Crippen molar-refractivity contribution in [2.24, 2.45) is 0 Å². The highest BCUT2D eigenvalue weighted by atomic mass is 19.4. The highest BCUT2D eigenvalue weighted by Gasteiger charge is 2.37. The second kappa shape index (κ2) is 14.3. The summed E-state index contributed by atoms with van der Waals surface area (Å²) < 4.78 is 87.2. The molecule has 1 unspecified atom stereocenters. The minimum Gasteiger partial charge on any atom is -0.493 e. The number of alkyl halides is 5. The third-order valence-corrected chi connectivity index (χ3v) is 7.77. The number of benzene rings is 3. The molecule has 1 amide bonds. The number of ether oxygens (including phenoxy) is 3. The van der Waals surface area contributed by atoms with Crippen molar-refractivity contribution in [2.45, 2.75) is 50.2 Å². The van der Waals surface area contributed by atoms with E-state index in [2.05, 4.69) is 10.2 Å². The van der Waals surface area contributed by atoms with E-state index in [1.54, 1.807) is 42.5 Å². The molecule has 1 fully saturated rings. The molecule has 3 aromatic carbocycles. The summed E-state index contributed by atoms with van der Waals surface area (Å²) in [5.74, 6) is -2.62. The maximum atomic E-state index is 15.3. The van der Waals surface area contributed by atoms with Crippen molar-refractivity contribution in [1.82, 2.24) is 10.2 Å². The number of piperidine rings is 1. The lowest BCUT2D eigenvalue weighted by Crippen LogP contribution is -2.47. The zero-order chi connectivity index (χ0) is 31.9. The zero-order valence-electron chi connectivity index (χ0n) is 25.0. The van der Waals surface area contributed by atoms with Crippen LogP contribution in [0.25, 0.3) is 11.1 Å². The molecule has 1 heterocycles. The number of methoxy groups -OCH3 is 3. The van der Waals surface area contributed by atoms with Gasteiger partial charge in [-0.3, -0.25) is 4.79 Å². The molecule has 0 bridgehead atoms. The number of carbonyl (C=O) groups is 1. The Kier molecular flexibility index (Phi) is 10.7. The van der Waals surface area contributed by atoms with Crippen LogP contribution in [0.2, 0.25) is 0 Å². The molecule has 0 radical (unpaired) electrons. The number of hydrogen-bond donors (Lipinski definition) is 1. The molecule has 0 saturated carbocycles. The average Bonchev–Trinajstić information content (AvgIpc) is 3.02. The molecular formula is C33H37F5N2O4. The van der Waals surface area contributed by atoms with E-state index in [0.29, 0.717) is 54.0 Å². The predicted octanol–water partition coefficient (Wildman–Crippen LogP) is 7.55. The maximum absolute atomic E-state index is 15.3. The molecule has 11 heteroatoms. The molecule has 1 saturated heterocycles. The molecule has 0 aliphatic carbocycles. The molecule has 4 rings (SSSR count). The van der Waals surface area contributed by atoms with Crippen LogP contribution in [0.4, 0.5) is 22.0 Å². The van der Waals surface area contributed by atoms with Crippen molar-refractivity contribution >= 4 is 5.91 Å². The number of halogens is 5. The smallest absolute Gasteiger partial charge is 0.416 e. The first-order chi connectivity index (χ1) is 20.9. The van der Waals surface area contributed by atoms with E-state index < -0.39 is 29.6 Å². The quantitative estimate of drug-likeness (QED) is 0.167. The van der Waals surface area contributed by atoms with Crippen LogP contribution < -0.4 is 19.5 Å². The number of carbonyl (C=O) groups excluding carboxylic acids is 1. The van der Waals surface area contributed by atoms with E-state index in [-0.39, 0.29) is 23.9 Å². The highest BCUT2D eigenvalue weighted by Crippen LogP contribution is 2.41. The van der Waals surface area contributed by atoms with Crippen LogP contribution in [0.5, 0.6) is 17.2 Å². The van der Waals surface area contributed by atoms with Gasteiger partial charge in [-0.05, 0) is 80.2 Å². The second-order valence-corrected chi connectivity index (χ2v) is 10.9. The first-order valence-corrected chi connectivity index (χ1v) is 14.4. The number of nitrogens with zero attached hydrogens (tertiary/aromatic N) is 1. The van der Waals surface area contributed by atoms with Crippen LogP contribution >= 0.6 is 0 Å². The van der Waals surface area contributed by atoms with Gasteiger partial charge in [-0.2, -0.15) is 13.2 Å². The van der Waals surface area contributed by atoms with E-state index in [9.17, 15) is 18.0 Å². The van der Waals surface area contributed by atoms with Crippen LogP contribution in [0, 0.1) is 0 Å². The van der Waals surface area contributed by atoms with Crippen molar-refractivity contribution in [3.05, 3.63) is 77.4 Å². The third-order valence-electron chi connectivity index (χ3n) is 7.77. The lowest BCUT2D eigenvalue weighted by atomic mass is 9.94. The Morgan fingerprint density at radius 3 is 2.14 bits per heavy atom. The molecule has 0 aromatic heterocycles. The van der Waals surface area contributed by atoms with Gasteiger partial charge in [0, 0.05) is 30.1 Å². The number of unbranched alkanes of at least 4 members (excludes halogenated alkanes) is 1. The Hall–Kier alpha value is -3.86. The van der Waals surface area contributed by atoms with Crippen molar-refractivity contribution in [1.29, 1.82) is 0 Å². The summed E-state index contributed by atoms with van der Waals surface area (Å²) in [6.07, 6.45) is -3.16. The number of hydrogen-bond acceptors (Lipinski definition) is 5. The Bertz CT molecular complexity index is 1390. The highest BCUT2D eigenvalue weighted by molar-refractivity contribution is 5.95. The summed E-state index contributed by atoms with van der Waals surface area (Å²) in [6, 6.07) is 13.8. The molecule has 0 spiro atoms. The average molecular weight is 621 g/mol. The summed E-state index contributed by atoms with van der Waals surface area (Å²) in [5, 5.41) is 3.03. The van der Waals surface area contributed by atoms with Gasteiger partial charge in [0.25, 0.3) is 11.8 Å². The Balaban J connectivity index is 1.34. The topological polar surface area (TPSA) is 60.0 Å². The van der Waals surface area contributed by atoms with Gasteiger partial charge in [0.05, 0.1) is 26.9 Å². The lowest BCUT2D eigenvalue weighted by molar-refractivity contribution is -0.137. The minimum atomic E-state index is -4.75. The summed E-state index contributed by atoms with van der Waals surface area (Å²) in [4.78, 5) is 15.1. The fourth-order valence-electron chi connectivity index (χ4n) is 5.48. The van der Waals surface area contributed by atoms with E-state index in [1.165, 1.54) is 21.3 Å². The summed E-state index contributed by atoms with van der Waals surface area (Å²) in [5.41, 5.74) is -0.847. The zero-order valence-corrected chi connectivity index (χ0v) is 25.0. The fourth-order valence-corrected chi connectivity index (χ4v) is 5.48. The molecule has 1 aliphatic heterocycles. The summed E-state index contributed by atoms with van der Waals surface area (Å²) in [7, 11) is 4.41. The normalized spacial score (nSPS) is 16.0. The van der Waals surface area contributed by atoms with E-state index >= 15 is 8.78 Å². The van der Waals surface area contributed by atoms with Gasteiger partial charge in [-0.15, -0.1) is 0 Å². The second-order valence-electron chi connectivity index (χ2n) is 10.9. The van der Waals surface area contributed by atoms with Crippen molar-refractivity contribution < 1.29 is 41.0 Å². The summed E-state index contributed by atoms with van der Waals surface area (Å²) >= 11 is 0. The van der Waals surface area contributed by atoms with Gasteiger partial charge in [-0.25, -0.2) is 8.78 Å². The first kappa shape index (κ1) is 33.0. The molecule has 1 aliphatic rings. The van der Waals surface area contributed by atoms with Gasteiger partial charge >= 0.3 is 6.18 Å². The van der Waals surface area contributed by atoms with Crippen LogP contribution in [-0.4, -0.2) is 57.8 Å². The molecule has 6 nitrogen and oxygen atoms in total. The molecule has 1 atom stereocenters. The van der Waals surface area contributed by atoms with Crippen molar-refractivity contribution in [2.75, 3.05) is 41.0 Å². The van der Waals surface area contributed by atoms with Crippen LogP contribution in [0.1, 0.15) is 53.6 Å². The van der Waals surface area contributed by atoms with E-state index in [1.807, 2.05) is 0 Å². The standard InChI is InChI=1S/C33H37F5N2O4/c1-42-28-18-24(19-29(43-2)30(28)44-3)31(41)39-27-12-9-15-40(21-27)14-8-7-13-32(34,35)25-16-23(22-10-5-4-6-11-22)17-26(20-25)33(36,37)38/h4-6,10-11,16-20,27H,7-9,12-15,21H2,1-3H3,(H,39,41). The maximum Gasteiger partial charge on any atom is 0.416 e.